The number of nitrogens with zero attached hydrogens (tertiary/aromatic N) is 3. The van der Waals surface area contributed by atoms with Gasteiger partial charge in [-0.05, 0) is 24.3 Å². The smallest absolute Gasteiger partial charge is 0.416 e. The molecule has 0 spiro atoms. The van der Waals surface area contributed by atoms with E-state index in [9.17, 15) is 28.1 Å². The molecule has 0 aliphatic carbocycles. The molecule has 1 heterocycles. The Kier molecular flexibility index (Phi) is 5.67. The summed E-state index contributed by atoms with van der Waals surface area (Å²) in [6, 6.07) is 7.82. The number of nitro groups is 1. The van der Waals surface area contributed by atoms with Crippen LogP contribution >= 0.6 is 0 Å². The number of aromatic nitrogens is 2. The minimum absolute atomic E-state index is 0.0406. The summed E-state index contributed by atoms with van der Waals surface area (Å²) in [6.07, 6.45) is -4.53. The zero-order valence-electron chi connectivity index (χ0n) is 15.2. The number of carbonyl (C=O) groups excluding carboxylic acids is 1. The van der Waals surface area contributed by atoms with Gasteiger partial charge in [-0.2, -0.15) is 18.2 Å². The highest BCUT2D eigenvalue weighted by Crippen LogP contribution is 2.32. The Morgan fingerprint density at radius 2 is 2.00 bits per heavy atom. The number of ether oxygens (including phenoxy) is 2. The lowest BCUT2D eigenvalue weighted by Crippen LogP contribution is -2.05. The van der Waals surface area contributed by atoms with Gasteiger partial charge in [-0.15, -0.1) is 0 Å². The predicted octanol–water partition coefficient (Wildman–Crippen LogP) is 4.03. The Morgan fingerprint density at radius 3 is 2.67 bits per heavy atom. The minimum Gasteiger partial charge on any atom is -0.477 e. The monoisotopic (exact) mass is 423 g/mol. The first-order valence-corrected chi connectivity index (χ1v) is 8.19. The van der Waals surface area contributed by atoms with Crippen LogP contribution in [0.2, 0.25) is 0 Å². The van der Waals surface area contributed by atoms with Crippen molar-refractivity contribution in [3.63, 3.8) is 0 Å². The van der Waals surface area contributed by atoms with Gasteiger partial charge in [0.2, 0.25) is 5.82 Å². The van der Waals surface area contributed by atoms with Gasteiger partial charge in [-0.25, -0.2) is 4.79 Å². The van der Waals surface area contributed by atoms with E-state index in [-0.39, 0.29) is 35.2 Å². The fraction of sp³-hybridized carbons (Fsp3) is 0.167. The Balaban J connectivity index is 1.78. The number of rotatable bonds is 6. The molecule has 0 saturated carbocycles. The Morgan fingerprint density at radius 1 is 1.23 bits per heavy atom. The quantitative estimate of drug-likeness (QED) is 0.331. The second kappa shape index (κ2) is 8.19. The highest BCUT2D eigenvalue weighted by atomic mass is 19.4. The van der Waals surface area contributed by atoms with Crippen molar-refractivity contribution < 1.29 is 36.9 Å². The molecule has 0 fully saturated rings. The number of methoxy groups -OCH3 is 1. The number of nitro benzene ring substituents is 1. The van der Waals surface area contributed by atoms with Gasteiger partial charge >= 0.3 is 17.8 Å². The van der Waals surface area contributed by atoms with Crippen molar-refractivity contribution in [2.24, 2.45) is 0 Å². The minimum atomic E-state index is -4.53. The van der Waals surface area contributed by atoms with Crippen LogP contribution in [0.5, 0.6) is 5.75 Å². The van der Waals surface area contributed by atoms with Crippen LogP contribution in [-0.2, 0) is 17.5 Å². The summed E-state index contributed by atoms with van der Waals surface area (Å²) in [6.45, 7) is -0.385. The number of carbonyl (C=O) groups is 1. The third-order valence-electron chi connectivity index (χ3n) is 3.84. The topological polar surface area (TPSA) is 118 Å². The molecule has 156 valence electrons. The van der Waals surface area contributed by atoms with E-state index in [0.717, 1.165) is 25.3 Å². The van der Waals surface area contributed by atoms with Crippen LogP contribution in [0.3, 0.4) is 0 Å². The highest BCUT2D eigenvalue weighted by Gasteiger charge is 2.30. The van der Waals surface area contributed by atoms with Crippen molar-refractivity contribution in [2.45, 2.75) is 12.8 Å². The first kappa shape index (κ1) is 20.8. The van der Waals surface area contributed by atoms with E-state index in [1.807, 2.05) is 0 Å². The molecule has 9 nitrogen and oxygen atoms in total. The van der Waals surface area contributed by atoms with Crippen molar-refractivity contribution in [2.75, 3.05) is 7.11 Å². The first-order chi connectivity index (χ1) is 14.2. The number of alkyl halides is 3. The largest absolute Gasteiger partial charge is 0.477 e. The Bertz CT molecular complexity index is 1100. The maximum Gasteiger partial charge on any atom is 0.416 e. The third kappa shape index (κ3) is 4.54. The van der Waals surface area contributed by atoms with Crippen molar-refractivity contribution in [1.29, 1.82) is 0 Å². The van der Waals surface area contributed by atoms with Crippen LogP contribution in [0.1, 0.15) is 21.8 Å². The average Bonchev–Trinajstić information content (AvgIpc) is 3.20. The van der Waals surface area contributed by atoms with Gasteiger partial charge in [0, 0.05) is 11.6 Å². The van der Waals surface area contributed by atoms with Crippen molar-refractivity contribution >= 4 is 11.7 Å². The van der Waals surface area contributed by atoms with Crippen LogP contribution in [0.15, 0.2) is 47.0 Å². The molecule has 12 heteroatoms. The molecule has 30 heavy (non-hydrogen) atoms. The fourth-order valence-electron chi connectivity index (χ4n) is 2.43. The lowest BCUT2D eigenvalue weighted by atomic mass is 10.1. The Hall–Kier alpha value is -3.96. The van der Waals surface area contributed by atoms with E-state index in [1.165, 1.54) is 24.3 Å². The molecule has 0 amide bonds. The third-order valence-corrected chi connectivity index (χ3v) is 3.84. The number of hydrogen-bond donors (Lipinski definition) is 0. The highest BCUT2D eigenvalue weighted by molar-refractivity contribution is 5.90. The molecule has 0 unspecified atom stereocenters. The molecule has 0 aliphatic rings. The van der Waals surface area contributed by atoms with Crippen molar-refractivity contribution in [1.82, 2.24) is 10.1 Å². The molecule has 2 aromatic carbocycles. The summed E-state index contributed by atoms with van der Waals surface area (Å²) >= 11 is 0. The number of halogens is 3. The number of esters is 1. The van der Waals surface area contributed by atoms with E-state index in [0.29, 0.717) is 0 Å². The van der Waals surface area contributed by atoms with Crippen molar-refractivity contribution in [3.8, 4) is 17.1 Å². The van der Waals surface area contributed by atoms with E-state index >= 15 is 0 Å². The summed E-state index contributed by atoms with van der Waals surface area (Å²) < 4.78 is 53.3. The summed E-state index contributed by atoms with van der Waals surface area (Å²) in [7, 11) is 1.14. The normalized spacial score (nSPS) is 11.2. The zero-order valence-corrected chi connectivity index (χ0v) is 15.2. The van der Waals surface area contributed by atoms with Gasteiger partial charge < -0.3 is 14.0 Å². The lowest BCUT2D eigenvalue weighted by molar-refractivity contribution is -0.386. The van der Waals surface area contributed by atoms with E-state index in [4.69, 9.17) is 9.26 Å². The molecule has 0 radical (unpaired) electrons. The Labute approximate surface area is 166 Å². The van der Waals surface area contributed by atoms with Crippen molar-refractivity contribution in [3.05, 3.63) is 69.6 Å². The van der Waals surface area contributed by atoms with Crippen LogP contribution in [0, 0.1) is 10.1 Å². The standard InChI is InChI=1S/C18H12F3N3O6/c1-28-17(25)11-5-6-14(13(8-11)24(26)27)29-9-15-22-16(23-30-15)10-3-2-4-12(7-10)18(19,20)21/h2-8H,9H2,1H3. The van der Waals surface area contributed by atoms with Gasteiger partial charge in [0.25, 0.3) is 5.89 Å². The second-order valence-electron chi connectivity index (χ2n) is 5.81. The lowest BCUT2D eigenvalue weighted by Gasteiger charge is -2.06. The number of hydrogen-bond acceptors (Lipinski definition) is 8. The second-order valence-corrected chi connectivity index (χ2v) is 5.81. The van der Waals surface area contributed by atoms with Crippen LogP contribution in [-0.4, -0.2) is 28.1 Å². The zero-order chi connectivity index (χ0) is 21.9. The van der Waals surface area contributed by atoms with E-state index < -0.39 is 28.3 Å². The van der Waals surface area contributed by atoms with E-state index in [2.05, 4.69) is 14.9 Å². The van der Waals surface area contributed by atoms with Gasteiger partial charge in [-0.3, -0.25) is 10.1 Å². The first-order valence-electron chi connectivity index (χ1n) is 8.19. The number of benzene rings is 2. The average molecular weight is 423 g/mol. The molecule has 0 aliphatic heterocycles. The maximum atomic E-state index is 12.8. The SMILES string of the molecule is COC(=O)c1ccc(OCc2nc(-c3cccc(C(F)(F)F)c3)no2)c([N+](=O)[O-])c1. The molecule has 3 rings (SSSR count). The molecule has 0 atom stereocenters. The summed E-state index contributed by atoms with van der Waals surface area (Å²) in [5.74, 6) is -1.15. The molecular weight excluding hydrogens is 411 g/mol. The summed E-state index contributed by atoms with van der Waals surface area (Å²) in [5, 5.41) is 14.8. The summed E-state index contributed by atoms with van der Waals surface area (Å²) in [4.78, 5) is 25.9. The fourth-order valence-corrected chi connectivity index (χ4v) is 2.43. The van der Waals surface area contributed by atoms with Gasteiger partial charge in [0.05, 0.1) is 23.2 Å². The predicted molar refractivity (Wildman–Crippen MR) is 93.5 cm³/mol. The molecule has 0 bridgehead atoms. The van der Waals surface area contributed by atoms with Gasteiger partial charge in [-0.1, -0.05) is 17.3 Å². The van der Waals surface area contributed by atoms with Gasteiger partial charge in [0.15, 0.2) is 12.4 Å². The molecule has 0 saturated heterocycles. The molecule has 1 aromatic heterocycles. The summed E-state index contributed by atoms with van der Waals surface area (Å²) in [5.41, 5.74) is -1.33. The van der Waals surface area contributed by atoms with E-state index in [1.54, 1.807) is 0 Å². The van der Waals surface area contributed by atoms with Crippen LogP contribution in [0.4, 0.5) is 18.9 Å². The van der Waals surface area contributed by atoms with Crippen LogP contribution < -0.4 is 4.74 Å². The molecular formula is C18H12F3N3O6. The van der Waals surface area contributed by atoms with Gasteiger partial charge in [0.1, 0.15) is 0 Å². The molecule has 3 aromatic rings. The maximum absolute atomic E-state index is 12.8. The molecule has 0 N–H and O–H groups in total. The van der Waals surface area contributed by atoms with Crippen LogP contribution in [0.25, 0.3) is 11.4 Å².